The highest BCUT2D eigenvalue weighted by molar-refractivity contribution is 5.41. The lowest BCUT2D eigenvalue weighted by molar-refractivity contribution is -0.137. The Labute approximate surface area is 157 Å². The van der Waals surface area contributed by atoms with Crippen LogP contribution in [-0.2, 0) is 16.5 Å². The summed E-state index contributed by atoms with van der Waals surface area (Å²) in [5.41, 5.74) is 4.50. The molecule has 0 fully saturated rings. The largest absolute Gasteiger partial charge is 0.490 e. The van der Waals surface area contributed by atoms with Crippen molar-refractivity contribution in [2.45, 2.75) is 31.7 Å². The zero-order valence-electron chi connectivity index (χ0n) is 15.5. The molecule has 7 heteroatoms. The molecule has 0 amide bonds. The number of halogens is 3. The monoisotopic (exact) mass is 383 g/mol. The van der Waals surface area contributed by atoms with E-state index in [9.17, 15) is 13.2 Å². The molecule has 2 N–H and O–H groups in total. The quantitative estimate of drug-likeness (QED) is 0.735. The van der Waals surface area contributed by atoms with E-state index in [2.05, 4.69) is 0 Å². The van der Waals surface area contributed by atoms with Crippen molar-refractivity contribution in [2.24, 2.45) is 5.73 Å². The Morgan fingerprint density at radius 2 is 1.52 bits per heavy atom. The van der Waals surface area contributed by atoms with Crippen LogP contribution in [0.2, 0.25) is 0 Å². The third-order valence-electron chi connectivity index (χ3n) is 4.37. The Hall–Kier alpha value is -2.25. The van der Waals surface area contributed by atoms with Crippen LogP contribution in [0.5, 0.6) is 11.5 Å². The SMILES string of the molecule is CCOc1ccccc1OC(C)(c1ccc(C(F)(F)F)cc1)C(CN)OC. The van der Waals surface area contributed by atoms with Gasteiger partial charge in [-0.05, 0) is 43.7 Å². The standard InChI is InChI=1S/C20H24F3NO3/c1-4-26-16-7-5-6-8-17(16)27-19(2,18(13-24)25-3)14-9-11-15(12-10-14)20(21,22)23/h5-12,18H,4,13,24H2,1-3H3. The number of hydrogen-bond acceptors (Lipinski definition) is 4. The summed E-state index contributed by atoms with van der Waals surface area (Å²) in [4.78, 5) is 0. The van der Waals surface area contributed by atoms with Gasteiger partial charge in [-0.25, -0.2) is 0 Å². The van der Waals surface area contributed by atoms with Crippen LogP contribution in [-0.4, -0.2) is 26.4 Å². The highest BCUT2D eigenvalue weighted by Crippen LogP contribution is 2.38. The van der Waals surface area contributed by atoms with E-state index < -0.39 is 23.4 Å². The van der Waals surface area contributed by atoms with Crippen molar-refractivity contribution >= 4 is 0 Å². The van der Waals surface area contributed by atoms with E-state index in [0.717, 1.165) is 12.1 Å². The third kappa shape index (κ3) is 4.73. The Kier molecular flexibility index (Phi) is 6.73. The second-order valence-electron chi connectivity index (χ2n) is 6.12. The smallest absolute Gasteiger partial charge is 0.416 e. The highest BCUT2D eigenvalue weighted by atomic mass is 19.4. The van der Waals surface area contributed by atoms with Gasteiger partial charge in [0.05, 0.1) is 12.2 Å². The fourth-order valence-electron chi connectivity index (χ4n) is 2.88. The molecule has 2 aromatic carbocycles. The van der Waals surface area contributed by atoms with Crippen LogP contribution in [0, 0.1) is 0 Å². The molecular weight excluding hydrogens is 359 g/mol. The fourth-order valence-corrected chi connectivity index (χ4v) is 2.88. The third-order valence-corrected chi connectivity index (χ3v) is 4.37. The van der Waals surface area contributed by atoms with E-state index in [0.29, 0.717) is 23.7 Å². The van der Waals surface area contributed by atoms with Gasteiger partial charge in [0.1, 0.15) is 6.10 Å². The molecule has 0 aromatic heterocycles. The van der Waals surface area contributed by atoms with Gasteiger partial charge in [-0.3, -0.25) is 0 Å². The van der Waals surface area contributed by atoms with Gasteiger partial charge in [0, 0.05) is 13.7 Å². The Morgan fingerprint density at radius 3 is 2.00 bits per heavy atom. The van der Waals surface area contributed by atoms with Gasteiger partial charge in [0.15, 0.2) is 17.1 Å². The summed E-state index contributed by atoms with van der Waals surface area (Å²) in [5, 5.41) is 0. The van der Waals surface area contributed by atoms with Gasteiger partial charge in [0.2, 0.25) is 0 Å². The minimum Gasteiger partial charge on any atom is -0.490 e. The molecule has 0 bridgehead atoms. The molecular formula is C20H24F3NO3. The molecule has 0 heterocycles. The summed E-state index contributed by atoms with van der Waals surface area (Å²) in [6, 6.07) is 11.9. The summed E-state index contributed by atoms with van der Waals surface area (Å²) in [7, 11) is 1.48. The summed E-state index contributed by atoms with van der Waals surface area (Å²) >= 11 is 0. The maximum Gasteiger partial charge on any atom is 0.416 e. The molecule has 148 valence electrons. The summed E-state index contributed by atoms with van der Waals surface area (Å²) in [5.74, 6) is 0.988. The van der Waals surface area contributed by atoms with E-state index in [1.807, 2.05) is 13.0 Å². The van der Waals surface area contributed by atoms with E-state index >= 15 is 0 Å². The minimum atomic E-state index is -4.41. The number of rotatable bonds is 8. The first-order valence-electron chi connectivity index (χ1n) is 8.57. The van der Waals surface area contributed by atoms with Gasteiger partial charge < -0.3 is 19.9 Å². The molecule has 0 saturated carbocycles. The maximum absolute atomic E-state index is 12.9. The lowest BCUT2D eigenvalue weighted by atomic mass is 9.88. The van der Waals surface area contributed by atoms with Gasteiger partial charge in [0.25, 0.3) is 0 Å². The van der Waals surface area contributed by atoms with Gasteiger partial charge in [-0.15, -0.1) is 0 Å². The number of alkyl halides is 3. The van der Waals surface area contributed by atoms with Crippen molar-refractivity contribution in [2.75, 3.05) is 20.3 Å². The molecule has 4 nitrogen and oxygen atoms in total. The Morgan fingerprint density at radius 1 is 0.963 bits per heavy atom. The van der Waals surface area contributed by atoms with Crippen LogP contribution in [0.15, 0.2) is 48.5 Å². The number of nitrogens with two attached hydrogens (primary N) is 1. The molecule has 2 aromatic rings. The topological polar surface area (TPSA) is 53.7 Å². The molecule has 0 saturated heterocycles. The van der Waals surface area contributed by atoms with Crippen molar-refractivity contribution in [1.82, 2.24) is 0 Å². The van der Waals surface area contributed by atoms with Crippen molar-refractivity contribution in [1.29, 1.82) is 0 Å². The molecule has 2 unspecified atom stereocenters. The first kappa shape index (κ1) is 21.1. The normalized spacial score (nSPS) is 15.1. The number of hydrogen-bond donors (Lipinski definition) is 1. The average molecular weight is 383 g/mol. The van der Waals surface area contributed by atoms with Crippen LogP contribution in [0.1, 0.15) is 25.0 Å². The molecule has 27 heavy (non-hydrogen) atoms. The Balaban J connectivity index is 2.47. The summed E-state index contributed by atoms with van der Waals surface area (Å²) < 4.78 is 56.0. The van der Waals surface area contributed by atoms with E-state index in [1.165, 1.54) is 19.2 Å². The molecule has 0 radical (unpaired) electrons. The van der Waals surface area contributed by atoms with Crippen LogP contribution in [0.3, 0.4) is 0 Å². The average Bonchev–Trinajstić information content (AvgIpc) is 2.64. The molecule has 0 spiro atoms. The number of benzene rings is 2. The number of methoxy groups -OCH3 is 1. The summed E-state index contributed by atoms with van der Waals surface area (Å²) in [6.45, 7) is 4.15. The van der Waals surface area contributed by atoms with Crippen molar-refractivity contribution in [3.8, 4) is 11.5 Å². The van der Waals surface area contributed by atoms with Gasteiger partial charge in [-0.2, -0.15) is 13.2 Å². The van der Waals surface area contributed by atoms with Gasteiger partial charge in [-0.1, -0.05) is 24.3 Å². The Bertz CT molecular complexity index is 730. The molecule has 0 aliphatic carbocycles. The van der Waals surface area contributed by atoms with Crippen LogP contribution in [0.4, 0.5) is 13.2 Å². The molecule has 2 atom stereocenters. The lowest BCUT2D eigenvalue weighted by Crippen LogP contribution is -2.47. The first-order chi connectivity index (χ1) is 12.8. The van der Waals surface area contributed by atoms with Crippen LogP contribution in [0.25, 0.3) is 0 Å². The zero-order valence-corrected chi connectivity index (χ0v) is 15.5. The predicted octanol–water partition coefficient (Wildman–Crippen LogP) is 4.37. The minimum absolute atomic E-state index is 0.116. The lowest BCUT2D eigenvalue weighted by Gasteiger charge is -2.37. The van der Waals surface area contributed by atoms with E-state index in [-0.39, 0.29) is 6.54 Å². The molecule has 0 aliphatic rings. The van der Waals surface area contributed by atoms with Crippen molar-refractivity contribution in [3.63, 3.8) is 0 Å². The second kappa shape index (κ2) is 8.63. The molecule has 0 aliphatic heterocycles. The van der Waals surface area contributed by atoms with Crippen molar-refractivity contribution < 1.29 is 27.4 Å². The summed E-state index contributed by atoms with van der Waals surface area (Å²) in [6.07, 6.45) is -5.00. The van der Waals surface area contributed by atoms with Crippen LogP contribution < -0.4 is 15.2 Å². The van der Waals surface area contributed by atoms with Crippen LogP contribution >= 0.6 is 0 Å². The zero-order chi connectivity index (χ0) is 20.1. The van der Waals surface area contributed by atoms with E-state index in [1.54, 1.807) is 25.1 Å². The van der Waals surface area contributed by atoms with Crippen molar-refractivity contribution in [3.05, 3.63) is 59.7 Å². The maximum atomic E-state index is 12.9. The van der Waals surface area contributed by atoms with Gasteiger partial charge >= 0.3 is 6.18 Å². The first-order valence-corrected chi connectivity index (χ1v) is 8.57. The highest BCUT2D eigenvalue weighted by Gasteiger charge is 2.40. The molecule has 2 rings (SSSR count). The number of ether oxygens (including phenoxy) is 3. The second-order valence-corrected chi connectivity index (χ2v) is 6.12. The predicted molar refractivity (Wildman–Crippen MR) is 96.9 cm³/mol. The number of para-hydroxylation sites is 2. The fraction of sp³-hybridized carbons (Fsp3) is 0.400. The van der Waals surface area contributed by atoms with E-state index in [4.69, 9.17) is 19.9 Å².